The molecule has 0 aliphatic carbocycles. The highest BCUT2D eigenvalue weighted by Gasteiger charge is 2.29. The summed E-state index contributed by atoms with van der Waals surface area (Å²) in [6, 6.07) is 2.59. The fraction of sp³-hybridized carbons (Fsp3) is 0.500. The molecule has 2 aromatic heterocycles. The van der Waals surface area contributed by atoms with Crippen molar-refractivity contribution in [2.45, 2.75) is 32.4 Å². The Kier molecular flexibility index (Phi) is 4.05. The van der Waals surface area contributed by atoms with Crippen LogP contribution in [0, 0.1) is 10.1 Å². The molecular formula is C12H16N4O5. The van der Waals surface area contributed by atoms with Crippen molar-refractivity contribution in [3.05, 3.63) is 28.1 Å². The van der Waals surface area contributed by atoms with Gasteiger partial charge in [0.25, 0.3) is 5.89 Å². The van der Waals surface area contributed by atoms with Crippen LogP contribution in [0.3, 0.4) is 0 Å². The lowest BCUT2D eigenvalue weighted by molar-refractivity contribution is -0.401. The highest BCUT2D eigenvalue weighted by Crippen LogP contribution is 2.26. The molecule has 2 heterocycles. The molecule has 114 valence electrons. The van der Waals surface area contributed by atoms with Crippen LogP contribution in [0.25, 0.3) is 11.7 Å². The van der Waals surface area contributed by atoms with Crippen LogP contribution in [0.15, 0.2) is 21.1 Å². The summed E-state index contributed by atoms with van der Waals surface area (Å²) in [5, 5.41) is 14.3. The molecule has 0 radical (unpaired) electrons. The van der Waals surface area contributed by atoms with Crippen molar-refractivity contribution in [3.63, 3.8) is 0 Å². The van der Waals surface area contributed by atoms with Gasteiger partial charge in [-0.25, -0.2) is 0 Å². The van der Waals surface area contributed by atoms with Crippen molar-refractivity contribution < 1.29 is 18.6 Å². The number of nitrogens with two attached hydrogens (primary N) is 1. The third-order valence-corrected chi connectivity index (χ3v) is 2.64. The molecule has 0 aromatic carbocycles. The topological polar surface area (TPSA) is 130 Å². The predicted octanol–water partition coefficient (Wildman–Crippen LogP) is 1.84. The van der Waals surface area contributed by atoms with E-state index in [1.165, 1.54) is 12.1 Å². The molecule has 0 aliphatic rings. The van der Waals surface area contributed by atoms with Crippen LogP contribution < -0.4 is 5.73 Å². The molecule has 2 aromatic rings. The highest BCUT2D eigenvalue weighted by atomic mass is 16.6. The summed E-state index contributed by atoms with van der Waals surface area (Å²) in [5.41, 5.74) is 5.14. The molecule has 0 aliphatic heterocycles. The average Bonchev–Trinajstić information content (AvgIpc) is 3.05. The minimum atomic E-state index is -0.940. The number of nitrogens with zero attached hydrogens (tertiary/aromatic N) is 3. The summed E-state index contributed by atoms with van der Waals surface area (Å²) in [6.07, 6.45) is 0.0203. The Balaban J connectivity index is 2.18. The zero-order chi connectivity index (χ0) is 15.6. The molecule has 0 bridgehead atoms. The average molecular weight is 296 g/mol. The monoisotopic (exact) mass is 296 g/mol. The second-order valence-electron chi connectivity index (χ2n) is 5.10. The van der Waals surface area contributed by atoms with E-state index < -0.39 is 16.3 Å². The van der Waals surface area contributed by atoms with Crippen LogP contribution in [0.5, 0.6) is 0 Å². The van der Waals surface area contributed by atoms with Crippen molar-refractivity contribution in [2.75, 3.05) is 6.61 Å². The summed E-state index contributed by atoms with van der Waals surface area (Å²) in [4.78, 5) is 14.0. The highest BCUT2D eigenvalue weighted by molar-refractivity contribution is 5.46. The van der Waals surface area contributed by atoms with E-state index in [1.807, 2.05) is 13.8 Å². The number of furan rings is 1. The normalized spacial score (nSPS) is 14.3. The molecule has 1 unspecified atom stereocenters. The van der Waals surface area contributed by atoms with Gasteiger partial charge in [0, 0.05) is 0 Å². The van der Waals surface area contributed by atoms with Gasteiger partial charge >= 0.3 is 5.88 Å². The number of hydrogen-bond acceptors (Lipinski definition) is 8. The summed E-state index contributed by atoms with van der Waals surface area (Å²) < 4.78 is 15.5. The quantitative estimate of drug-likeness (QED) is 0.631. The number of aromatic nitrogens is 2. The Morgan fingerprint density at radius 1 is 1.52 bits per heavy atom. The largest absolute Gasteiger partial charge is 0.433 e. The van der Waals surface area contributed by atoms with Gasteiger partial charge in [0.15, 0.2) is 11.6 Å². The van der Waals surface area contributed by atoms with Crippen molar-refractivity contribution in [3.8, 4) is 11.7 Å². The maximum atomic E-state index is 10.6. The predicted molar refractivity (Wildman–Crippen MR) is 71.3 cm³/mol. The molecular weight excluding hydrogens is 280 g/mol. The molecule has 2 rings (SSSR count). The van der Waals surface area contributed by atoms with Crippen LogP contribution in [0.4, 0.5) is 5.88 Å². The maximum absolute atomic E-state index is 10.6. The Hall–Kier alpha value is -2.26. The second-order valence-corrected chi connectivity index (χ2v) is 5.10. The molecule has 1 atom stereocenters. The fourth-order valence-electron chi connectivity index (χ4n) is 1.50. The SMILES string of the molecule is CC(C)OCC(C)(N)c1noc(-c2ccc([N+](=O)[O-])o2)n1. The zero-order valence-corrected chi connectivity index (χ0v) is 11.9. The van der Waals surface area contributed by atoms with Crippen molar-refractivity contribution in [1.82, 2.24) is 10.1 Å². The lowest BCUT2D eigenvalue weighted by Gasteiger charge is -2.21. The van der Waals surface area contributed by atoms with Gasteiger partial charge in [0.05, 0.1) is 18.8 Å². The Bertz CT molecular complexity index is 631. The molecule has 0 spiro atoms. The molecule has 9 heteroatoms. The van der Waals surface area contributed by atoms with Gasteiger partial charge in [0.2, 0.25) is 0 Å². The molecule has 0 saturated carbocycles. The minimum absolute atomic E-state index is 0.0203. The summed E-state index contributed by atoms with van der Waals surface area (Å²) in [5.74, 6) is -0.0269. The number of hydrogen-bond donors (Lipinski definition) is 1. The van der Waals surface area contributed by atoms with Crippen LogP contribution in [0.1, 0.15) is 26.6 Å². The zero-order valence-electron chi connectivity index (χ0n) is 11.9. The van der Waals surface area contributed by atoms with E-state index in [-0.39, 0.29) is 30.2 Å². The Labute approximate surface area is 120 Å². The van der Waals surface area contributed by atoms with Crippen molar-refractivity contribution in [2.24, 2.45) is 5.73 Å². The summed E-state index contributed by atoms with van der Waals surface area (Å²) >= 11 is 0. The van der Waals surface area contributed by atoms with Crippen LogP contribution in [-0.2, 0) is 10.3 Å². The smallest absolute Gasteiger partial charge is 0.395 e. The lowest BCUT2D eigenvalue weighted by Crippen LogP contribution is -2.40. The molecule has 9 nitrogen and oxygen atoms in total. The van der Waals surface area contributed by atoms with Gasteiger partial charge in [-0.1, -0.05) is 5.16 Å². The van der Waals surface area contributed by atoms with Gasteiger partial charge in [-0.15, -0.1) is 0 Å². The summed E-state index contributed by atoms with van der Waals surface area (Å²) in [7, 11) is 0. The van der Waals surface area contributed by atoms with Crippen LogP contribution in [0.2, 0.25) is 0 Å². The fourth-order valence-corrected chi connectivity index (χ4v) is 1.50. The first kappa shape index (κ1) is 15.1. The van der Waals surface area contributed by atoms with Gasteiger partial charge in [0.1, 0.15) is 10.5 Å². The first-order chi connectivity index (χ1) is 9.79. The first-order valence-corrected chi connectivity index (χ1v) is 6.29. The Morgan fingerprint density at radius 3 is 2.81 bits per heavy atom. The number of nitro groups is 1. The standard InChI is InChI=1S/C12H16N4O5/c1-7(2)19-6-12(3,13)11-14-10(21-15-11)8-4-5-9(20-8)16(17)18/h4-5,7H,6,13H2,1-3H3. The van der Waals surface area contributed by atoms with E-state index in [0.717, 1.165) is 0 Å². The maximum Gasteiger partial charge on any atom is 0.433 e. The molecule has 0 amide bonds. The second kappa shape index (κ2) is 5.62. The van der Waals surface area contributed by atoms with E-state index in [4.69, 9.17) is 19.4 Å². The third kappa shape index (κ3) is 3.44. The van der Waals surface area contributed by atoms with Gasteiger partial charge in [-0.2, -0.15) is 4.98 Å². The molecule has 2 N–H and O–H groups in total. The van der Waals surface area contributed by atoms with Crippen LogP contribution >= 0.6 is 0 Å². The van der Waals surface area contributed by atoms with Crippen molar-refractivity contribution >= 4 is 5.88 Å². The molecule has 0 saturated heterocycles. The molecule has 0 fully saturated rings. The lowest BCUT2D eigenvalue weighted by atomic mass is 10.1. The minimum Gasteiger partial charge on any atom is -0.395 e. The van der Waals surface area contributed by atoms with E-state index in [1.54, 1.807) is 6.92 Å². The first-order valence-electron chi connectivity index (χ1n) is 6.29. The van der Waals surface area contributed by atoms with Gasteiger partial charge in [-0.3, -0.25) is 10.1 Å². The number of ether oxygens (including phenoxy) is 1. The third-order valence-electron chi connectivity index (χ3n) is 2.64. The number of rotatable bonds is 6. The van der Waals surface area contributed by atoms with Crippen LogP contribution in [-0.4, -0.2) is 27.8 Å². The van der Waals surface area contributed by atoms with E-state index in [0.29, 0.717) is 0 Å². The Morgan fingerprint density at radius 2 is 2.24 bits per heavy atom. The van der Waals surface area contributed by atoms with E-state index in [9.17, 15) is 10.1 Å². The summed E-state index contributed by atoms with van der Waals surface area (Å²) in [6.45, 7) is 5.69. The van der Waals surface area contributed by atoms with Gasteiger partial charge < -0.3 is 19.4 Å². The van der Waals surface area contributed by atoms with E-state index >= 15 is 0 Å². The molecule has 21 heavy (non-hydrogen) atoms. The van der Waals surface area contributed by atoms with Crippen molar-refractivity contribution in [1.29, 1.82) is 0 Å². The van der Waals surface area contributed by atoms with E-state index in [2.05, 4.69) is 10.1 Å². The van der Waals surface area contributed by atoms with Gasteiger partial charge in [-0.05, 0) is 26.8 Å².